The Hall–Kier alpha value is -1.40. The zero-order chi connectivity index (χ0) is 14.1. The highest BCUT2D eigenvalue weighted by atomic mass is 35.5. The molecule has 0 saturated carbocycles. The van der Waals surface area contributed by atoms with Crippen LogP contribution in [0.2, 0.25) is 0 Å². The second-order valence-corrected chi connectivity index (χ2v) is 5.10. The van der Waals surface area contributed by atoms with E-state index in [0.29, 0.717) is 11.9 Å². The molecule has 1 atom stereocenters. The van der Waals surface area contributed by atoms with Crippen molar-refractivity contribution in [1.29, 1.82) is 0 Å². The average molecular weight is 312 g/mol. The minimum Gasteiger partial charge on any atom is -0.384 e. The Morgan fingerprint density at radius 3 is 3.00 bits per heavy atom. The van der Waals surface area contributed by atoms with Crippen LogP contribution >= 0.6 is 12.4 Å². The Balaban J connectivity index is 0.00000161. The molecule has 1 aliphatic heterocycles. The number of nitrogens with two attached hydrogens (primary N) is 1. The van der Waals surface area contributed by atoms with Crippen LogP contribution in [0, 0.1) is 0 Å². The summed E-state index contributed by atoms with van der Waals surface area (Å²) in [6.45, 7) is 1.79. The summed E-state index contributed by atoms with van der Waals surface area (Å²) in [4.78, 5) is 3.40. The standard InChI is InChI=1S/C15H18FN3O.ClH/c16-6-10(7-17)15(20)9-1-2-13-11(5-9)12-8-18-4-3-14(12)19-13;/h1-2,5-6,15,18-20H,3-4,7-8,17H2;1H/b10-6-;. The molecular weight excluding hydrogens is 293 g/mol. The lowest BCUT2D eigenvalue weighted by atomic mass is 9.99. The third kappa shape index (κ3) is 2.82. The van der Waals surface area contributed by atoms with Gasteiger partial charge in [0.25, 0.3) is 0 Å². The molecule has 0 bridgehead atoms. The molecule has 21 heavy (non-hydrogen) atoms. The van der Waals surface area contributed by atoms with Crippen molar-refractivity contribution < 1.29 is 9.50 Å². The molecule has 1 unspecified atom stereocenters. The van der Waals surface area contributed by atoms with Gasteiger partial charge in [0.2, 0.25) is 0 Å². The van der Waals surface area contributed by atoms with Gasteiger partial charge in [-0.05, 0) is 23.3 Å². The summed E-state index contributed by atoms with van der Waals surface area (Å²) >= 11 is 0. The fraction of sp³-hybridized carbons (Fsp3) is 0.333. The number of benzene rings is 1. The van der Waals surface area contributed by atoms with Crippen molar-refractivity contribution in [2.75, 3.05) is 13.1 Å². The van der Waals surface area contributed by atoms with Gasteiger partial charge >= 0.3 is 0 Å². The van der Waals surface area contributed by atoms with E-state index in [-0.39, 0.29) is 24.5 Å². The van der Waals surface area contributed by atoms with Crippen LogP contribution in [-0.2, 0) is 13.0 Å². The number of H-pyrrole nitrogens is 1. The van der Waals surface area contributed by atoms with Crippen molar-refractivity contribution in [3.8, 4) is 0 Å². The highest BCUT2D eigenvalue weighted by Gasteiger charge is 2.18. The normalized spacial score (nSPS) is 16.4. The molecule has 4 nitrogen and oxygen atoms in total. The predicted octanol–water partition coefficient (Wildman–Crippen LogP) is 2.08. The van der Waals surface area contributed by atoms with E-state index in [1.54, 1.807) is 0 Å². The number of rotatable bonds is 3. The van der Waals surface area contributed by atoms with Crippen molar-refractivity contribution in [2.45, 2.75) is 19.1 Å². The fourth-order valence-corrected chi connectivity index (χ4v) is 2.76. The number of aliphatic hydroxyl groups excluding tert-OH is 1. The number of halogens is 2. The minimum atomic E-state index is -0.989. The zero-order valence-corrected chi connectivity index (χ0v) is 12.3. The third-order valence-corrected chi connectivity index (χ3v) is 3.91. The molecule has 1 aromatic heterocycles. The third-order valence-electron chi connectivity index (χ3n) is 3.91. The summed E-state index contributed by atoms with van der Waals surface area (Å²) in [5.41, 5.74) is 9.82. The van der Waals surface area contributed by atoms with Gasteiger partial charge < -0.3 is 21.1 Å². The van der Waals surface area contributed by atoms with Gasteiger partial charge in [0.05, 0.1) is 6.33 Å². The van der Waals surface area contributed by atoms with Gasteiger partial charge in [-0.15, -0.1) is 12.4 Å². The van der Waals surface area contributed by atoms with Crippen LogP contribution < -0.4 is 11.1 Å². The summed E-state index contributed by atoms with van der Waals surface area (Å²) in [7, 11) is 0. The van der Waals surface area contributed by atoms with Gasteiger partial charge in [-0.25, -0.2) is 4.39 Å². The van der Waals surface area contributed by atoms with E-state index in [4.69, 9.17) is 5.73 Å². The molecule has 2 heterocycles. The Kier molecular flexibility index (Phi) is 5.00. The van der Waals surface area contributed by atoms with Crippen LogP contribution in [0.3, 0.4) is 0 Å². The first kappa shape index (κ1) is 16.0. The first-order valence-corrected chi connectivity index (χ1v) is 6.76. The largest absolute Gasteiger partial charge is 0.384 e. The summed E-state index contributed by atoms with van der Waals surface area (Å²) < 4.78 is 12.7. The van der Waals surface area contributed by atoms with Gasteiger partial charge in [0.15, 0.2) is 0 Å². The lowest BCUT2D eigenvalue weighted by Gasteiger charge is -2.14. The van der Waals surface area contributed by atoms with E-state index >= 15 is 0 Å². The van der Waals surface area contributed by atoms with Crippen LogP contribution in [0.25, 0.3) is 10.9 Å². The molecule has 114 valence electrons. The number of aromatic amines is 1. The van der Waals surface area contributed by atoms with Crippen molar-refractivity contribution in [3.05, 3.63) is 46.9 Å². The lowest BCUT2D eigenvalue weighted by molar-refractivity contribution is 0.212. The van der Waals surface area contributed by atoms with Gasteiger partial charge in [0, 0.05) is 48.2 Å². The molecule has 0 spiro atoms. The molecular formula is C15H19ClFN3O. The molecule has 0 amide bonds. The summed E-state index contributed by atoms with van der Waals surface area (Å²) in [5, 5.41) is 14.6. The monoisotopic (exact) mass is 311 g/mol. The SMILES string of the molecule is Cl.NC/C(=C/F)C(O)c1ccc2[nH]c3c(c2c1)CNCC3. The predicted molar refractivity (Wildman–Crippen MR) is 84.2 cm³/mol. The highest BCUT2D eigenvalue weighted by Crippen LogP contribution is 2.29. The van der Waals surface area contributed by atoms with E-state index in [1.165, 1.54) is 11.3 Å². The zero-order valence-electron chi connectivity index (χ0n) is 11.5. The van der Waals surface area contributed by atoms with Crippen molar-refractivity contribution in [2.24, 2.45) is 5.73 Å². The van der Waals surface area contributed by atoms with Crippen molar-refractivity contribution in [1.82, 2.24) is 10.3 Å². The van der Waals surface area contributed by atoms with E-state index in [9.17, 15) is 9.50 Å². The minimum absolute atomic E-state index is 0. The molecule has 6 heteroatoms. The quantitative estimate of drug-likeness (QED) is 0.701. The number of aromatic nitrogens is 1. The van der Waals surface area contributed by atoms with Crippen LogP contribution in [-0.4, -0.2) is 23.2 Å². The first-order valence-electron chi connectivity index (χ1n) is 6.76. The Morgan fingerprint density at radius 2 is 2.29 bits per heavy atom. The molecule has 3 rings (SSSR count). The lowest BCUT2D eigenvalue weighted by Crippen LogP contribution is -2.22. The number of nitrogens with one attached hydrogen (secondary N) is 2. The average Bonchev–Trinajstić information content (AvgIpc) is 2.86. The van der Waals surface area contributed by atoms with Crippen LogP contribution in [0.1, 0.15) is 22.9 Å². The van der Waals surface area contributed by atoms with E-state index in [1.807, 2.05) is 18.2 Å². The Bertz CT molecular complexity index is 668. The molecule has 1 aliphatic rings. The number of hydrogen-bond donors (Lipinski definition) is 4. The van der Waals surface area contributed by atoms with E-state index in [2.05, 4.69) is 10.3 Å². The smallest absolute Gasteiger partial charge is 0.104 e. The maximum Gasteiger partial charge on any atom is 0.104 e. The first-order chi connectivity index (χ1) is 9.74. The Morgan fingerprint density at radius 1 is 1.48 bits per heavy atom. The molecule has 0 fully saturated rings. The van der Waals surface area contributed by atoms with Gasteiger partial charge in [-0.3, -0.25) is 0 Å². The molecule has 5 N–H and O–H groups in total. The van der Waals surface area contributed by atoms with Gasteiger partial charge in [-0.2, -0.15) is 0 Å². The topological polar surface area (TPSA) is 74.1 Å². The summed E-state index contributed by atoms with van der Waals surface area (Å²) in [6.07, 6.45) is 0.375. The van der Waals surface area contributed by atoms with Crippen LogP contribution in [0.4, 0.5) is 4.39 Å². The van der Waals surface area contributed by atoms with E-state index in [0.717, 1.165) is 30.4 Å². The van der Waals surface area contributed by atoms with Crippen LogP contribution in [0.15, 0.2) is 30.1 Å². The highest BCUT2D eigenvalue weighted by molar-refractivity contribution is 5.86. The van der Waals surface area contributed by atoms with Gasteiger partial charge in [-0.1, -0.05) is 6.07 Å². The molecule has 0 saturated heterocycles. The molecule has 0 aliphatic carbocycles. The van der Waals surface area contributed by atoms with Crippen LogP contribution in [0.5, 0.6) is 0 Å². The van der Waals surface area contributed by atoms with E-state index < -0.39 is 6.10 Å². The maximum absolute atomic E-state index is 12.7. The number of fused-ring (bicyclic) bond motifs is 3. The Labute approximate surface area is 128 Å². The van der Waals surface area contributed by atoms with Crippen molar-refractivity contribution in [3.63, 3.8) is 0 Å². The van der Waals surface area contributed by atoms with Gasteiger partial charge in [0.1, 0.15) is 6.10 Å². The second kappa shape index (κ2) is 6.58. The van der Waals surface area contributed by atoms with Crippen molar-refractivity contribution >= 4 is 23.3 Å². The molecule has 2 aromatic rings. The number of hydrogen-bond acceptors (Lipinski definition) is 3. The second-order valence-electron chi connectivity index (χ2n) is 5.10. The fourth-order valence-electron chi connectivity index (χ4n) is 2.76. The number of aliphatic hydroxyl groups is 1. The maximum atomic E-state index is 12.7. The molecule has 1 aromatic carbocycles. The molecule has 0 radical (unpaired) electrons. The summed E-state index contributed by atoms with van der Waals surface area (Å²) in [5.74, 6) is 0. The summed E-state index contributed by atoms with van der Waals surface area (Å²) in [6, 6.07) is 5.65.